The number of ether oxygens (including phenoxy) is 1. The fourth-order valence-electron chi connectivity index (χ4n) is 2.33. The Kier molecular flexibility index (Phi) is 3.59. The Hall–Kier alpha value is -0.190. The minimum atomic E-state index is -0.613. The number of likely N-dealkylation sites (N-methyl/N-ethyl adjacent to an activating group) is 1. The van der Waals surface area contributed by atoms with Crippen molar-refractivity contribution >= 4 is 0 Å². The van der Waals surface area contributed by atoms with Crippen LogP contribution in [0.4, 0.5) is 4.39 Å². The average molecular weight is 216 g/mol. The lowest BCUT2D eigenvalue weighted by molar-refractivity contribution is -0.0903. The summed E-state index contributed by atoms with van der Waals surface area (Å²) < 4.78 is 18.5. The minimum Gasteiger partial charge on any atom is -0.374 e. The second-order valence-electron chi connectivity index (χ2n) is 4.59. The third-order valence-corrected chi connectivity index (χ3v) is 3.60. The van der Waals surface area contributed by atoms with E-state index < -0.39 is 6.17 Å². The van der Waals surface area contributed by atoms with Gasteiger partial charge in [0.05, 0.1) is 12.7 Å². The van der Waals surface area contributed by atoms with Gasteiger partial charge in [-0.2, -0.15) is 0 Å². The van der Waals surface area contributed by atoms with E-state index in [0.29, 0.717) is 19.1 Å². The van der Waals surface area contributed by atoms with Crippen molar-refractivity contribution in [2.75, 3.05) is 39.3 Å². The molecule has 2 fully saturated rings. The van der Waals surface area contributed by atoms with Gasteiger partial charge in [-0.1, -0.05) is 6.92 Å². The van der Waals surface area contributed by atoms with Crippen LogP contribution in [0, 0.1) is 0 Å². The molecule has 0 aromatic carbocycles. The third kappa shape index (κ3) is 2.49. The molecular weight excluding hydrogens is 195 g/mol. The number of hydrogen-bond acceptors (Lipinski definition) is 3. The zero-order valence-electron chi connectivity index (χ0n) is 9.66. The Morgan fingerprint density at radius 3 is 2.73 bits per heavy atom. The molecule has 2 unspecified atom stereocenters. The maximum absolute atomic E-state index is 12.7. The van der Waals surface area contributed by atoms with Gasteiger partial charge in [-0.15, -0.1) is 0 Å². The van der Waals surface area contributed by atoms with Gasteiger partial charge in [0.2, 0.25) is 0 Å². The van der Waals surface area contributed by atoms with Crippen molar-refractivity contribution in [2.45, 2.75) is 32.2 Å². The lowest BCUT2D eigenvalue weighted by atomic mass is 10.0. The van der Waals surface area contributed by atoms with E-state index in [-0.39, 0.29) is 6.10 Å². The maximum Gasteiger partial charge on any atom is 0.125 e. The van der Waals surface area contributed by atoms with Crippen LogP contribution in [0.5, 0.6) is 0 Å². The highest BCUT2D eigenvalue weighted by atomic mass is 19.1. The highest BCUT2D eigenvalue weighted by Crippen LogP contribution is 2.20. The van der Waals surface area contributed by atoms with Gasteiger partial charge in [0, 0.05) is 32.2 Å². The van der Waals surface area contributed by atoms with E-state index in [1.165, 1.54) is 0 Å². The normalized spacial score (nSPS) is 32.6. The van der Waals surface area contributed by atoms with E-state index in [4.69, 9.17) is 4.74 Å². The van der Waals surface area contributed by atoms with Crippen LogP contribution in [-0.2, 0) is 4.74 Å². The monoisotopic (exact) mass is 216 g/mol. The summed E-state index contributed by atoms with van der Waals surface area (Å²) in [5.41, 5.74) is 0. The molecule has 2 atom stereocenters. The summed E-state index contributed by atoms with van der Waals surface area (Å²) in [6, 6.07) is 0.353. The van der Waals surface area contributed by atoms with Crippen molar-refractivity contribution in [1.29, 1.82) is 0 Å². The molecule has 3 nitrogen and oxygen atoms in total. The SMILES string of the molecule is CCN1CCOC(C(C)N2CC(F)C2)C1. The molecule has 2 aliphatic rings. The lowest BCUT2D eigenvalue weighted by Gasteiger charge is -2.44. The van der Waals surface area contributed by atoms with Crippen LogP contribution in [-0.4, -0.2) is 67.4 Å². The van der Waals surface area contributed by atoms with Gasteiger partial charge >= 0.3 is 0 Å². The molecule has 4 heteroatoms. The zero-order valence-corrected chi connectivity index (χ0v) is 9.66. The van der Waals surface area contributed by atoms with Crippen molar-refractivity contribution in [3.8, 4) is 0 Å². The number of morpholine rings is 1. The number of halogens is 1. The van der Waals surface area contributed by atoms with Crippen molar-refractivity contribution in [2.24, 2.45) is 0 Å². The topological polar surface area (TPSA) is 15.7 Å². The van der Waals surface area contributed by atoms with E-state index in [1.807, 2.05) is 0 Å². The lowest BCUT2D eigenvalue weighted by Crippen LogP contribution is -2.59. The summed E-state index contributed by atoms with van der Waals surface area (Å²) in [7, 11) is 0. The van der Waals surface area contributed by atoms with Gasteiger partial charge in [0.1, 0.15) is 6.17 Å². The van der Waals surface area contributed by atoms with Crippen LogP contribution in [0.25, 0.3) is 0 Å². The fourth-order valence-corrected chi connectivity index (χ4v) is 2.33. The molecule has 2 rings (SSSR count). The Labute approximate surface area is 91.2 Å². The van der Waals surface area contributed by atoms with E-state index in [9.17, 15) is 4.39 Å². The van der Waals surface area contributed by atoms with Gasteiger partial charge in [-0.3, -0.25) is 9.80 Å². The van der Waals surface area contributed by atoms with Gasteiger partial charge in [0.25, 0.3) is 0 Å². The number of alkyl halides is 1. The van der Waals surface area contributed by atoms with E-state index in [2.05, 4.69) is 23.6 Å². The van der Waals surface area contributed by atoms with E-state index in [1.54, 1.807) is 0 Å². The Balaban J connectivity index is 1.81. The molecule has 0 bridgehead atoms. The van der Waals surface area contributed by atoms with Crippen LogP contribution >= 0.6 is 0 Å². The molecule has 0 spiro atoms. The molecule has 0 aromatic rings. The third-order valence-electron chi connectivity index (χ3n) is 3.60. The van der Waals surface area contributed by atoms with Crippen LogP contribution < -0.4 is 0 Å². The van der Waals surface area contributed by atoms with E-state index >= 15 is 0 Å². The summed E-state index contributed by atoms with van der Waals surface area (Å²) in [5, 5.41) is 0. The molecule has 0 radical (unpaired) electrons. The maximum atomic E-state index is 12.7. The first-order valence-electron chi connectivity index (χ1n) is 5.92. The Morgan fingerprint density at radius 1 is 1.40 bits per heavy atom. The molecule has 0 amide bonds. The summed E-state index contributed by atoms with van der Waals surface area (Å²) in [6.07, 6.45) is -0.357. The largest absolute Gasteiger partial charge is 0.374 e. The molecule has 88 valence electrons. The Bertz CT molecular complexity index is 209. The molecule has 2 saturated heterocycles. The number of hydrogen-bond donors (Lipinski definition) is 0. The molecule has 0 N–H and O–H groups in total. The van der Waals surface area contributed by atoms with E-state index in [0.717, 1.165) is 26.2 Å². The predicted octanol–water partition coefficient (Wildman–Crippen LogP) is 0.749. The molecule has 0 aliphatic carbocycles. The number of nitrogens with zero attached hydrogens (tertiary/aromatic N) is 2. The second-order valence-corrected chi connectivity index (χ2v) is 4.59. The quantitative estimate of drug-likeness (QED) is 0.692. The molecule has 0 aromatic heterocycles. The first kappa shape index (κ1) is 11.3. The van der Waals surface area contributed by atoms with Crippen molar-refractivity contribution in [3.05, 3.63) is 0 Å². The standard InChI is InChI=1S/C11H21FN2O/c1-3-13-4-5-15-11(8-13)9(2)14-6-10(12)7-14/h9-11H,3-8H2,1-2H3. The summed E-state index contributed by atoms with van der Waals surface area (Å²) in [4.78, 5) is 4.58. The first-order chi connectivity index (χ1) is 7.20. The minimum absolute atomic E-state index is 0.256. The molecular formula is C11H21FN2O. The fraction of sp³-hybridized carbons (Fsp3) is 1.00. The second kappa shape index (κ2) is 4.76. The van der Waals surface area contributed by atoms with Gasteiger partial charge in [-0.05, 0) is 13.5 Å². The molecule has 2 heterocycles. The first-order valence-corrected chi connectivity index (χ1v) is 5.92. The van der Waals surface area contributed by atoms with Gasteiger partial charge in [0.15, 0.2) is 0 Å². The van der Waals surface area contributed by atoms with Crippen LogP contribution in [0.15, 0.2) is 0 Å². The highest BCUT2D eigenvalue weighted by molar-refractivity contribution is 4.89. The van der Waals surface area contributed by atoms with Gasteiger partial charge < -0.3 is 4.74 Å². The number of likely N-dealkylation sites (tertiary alicyclic amines) is 1. The van der Waals surface area contributed by atoms with Crippen molar-refractivity contribution in [3.63, 3.8) is 0 Å². The van der Waals surface area contributed by atoms with Gasteiger partial charge in [-0.25, -0.2) is 4.39 Å². The predicted molar refractivity (Wildman–Crippen MR) is 57.8 cm³/mol. The summed E-state index contributed by atoms with van der Waals surface area (Å²) >= 11 is 0. The molecule has 15 heavy (non-hydrogen) atoms. The van der Waals surface area contributed by atoms with Crippen LogP contribution in [0.3, 0.4) is 0 Å². The Morgan fingerprint density at radius 2 is 2.13 bits per heavy atom. The van der Waals surface area contributed by atoms with Crippen molar-refractivity contribution in [1.82, 2.24) is 9.80 Å². The smallest absolute Gasteiger partial charge is 0.125 e. The summed E-state index contributed by atoms with van der Waals surface area (Å²) in [6.45, 7) is 9.43. The van der Waals surface area contributed by atoms with Crippen molar-refractivity contribution < 1.29 is 9.13 Å². The molecule has 2 aliphatic heterocycles. The van der Waals surface area contributed by atoms with Crippen LogP contribution in [0.2, 0.25) is 0 Å². The summed E-state index contributed by atoms with van der Waals surface area (Å²) in [5.74, 6) is 0. The number of rotatable bonds is 3. The molecule has 0 saturated carbocycles. The zero-order chi connectivity index (χ0) is 10.8. The van der Waals surface area contributed by atoms with Crippen LogP contribution in [0.1, 0.15) is 13.8 Å². The highest BCUT2D eigenvalue weighted by Gasteiger charge is 2.35. The average Bonchev–Trinajstić information content (AvgIpc) is 2.24.